The van der Waals surface area contributed by atoms with Gasteiger partial charge in [0.2, 0.25) is 5.91 Å². The van der Waals surface area contributed by atoms with Crippen LogP contribution >= 0.6 is 23.2 Å². The van der Waals surface area contributed by atoms with Crippen LogP contribution in [-0.4, -0.2) is 23.8 Å². The standard InChI is InChI=1S/C18H17Cl2N3O4/c1-10(27-16-8-5-13(19)9-15(16)20)17(25)22-23-18(26)12-3-6-14(7-4-12)21-11(2)24/h3-10H,1-2H3,(H,21,24)(H,22,25)(H,23,26). The molecule has 0 fully saturated rings. The van der Waals surface area contributed by atoms with Gasteiger partial charge in [-0.1, -0.05) is 23.2 Å². The lowest BCUT2D eigenvalue weighted by Gasteiger charge is -2.16. The van der Waals surface area contributed by atoms with Crippen molar-refractivity contribution in [1.82, 2.24) is 10.9 Å². The van der Waals surface area contributed by atoms with Crippen molar-refractivity contribution in [3.05, 3.63) is 58.1 Å². The predicted octanol–water partition coefficient (Wildman–Crippen LogP) is 3.18. The van der Waals surface area contributed by atoms with Crippen LogP contribution in [0.4, 0.5) is 5.69 Å². The number of rotatable bonds is 5. The number of benzene rings is 2. The van der Waals surface area contributed by atoms with Gasteiger partial charge >= 0.3 is 0 Å². The van der Waals surface area contributed by atoms with Crippen LogP contribution < -0.4 is 20.9 Å². The molecule has 0 aliphatic heterocycles. The normalized spacial score (nSPS) is 11.3. The van der Waals surface area contributed by atoms with Crippen LogP contribution in [0.1, 0.15) is 24.2 Å². The van der Waals surface area contributed by atoms with Crippen molar-refractivity contribution in [2.24, 2.45) is 0 Å². The molecule has 0 aromatic heterocycles. The molecular weight excluding hydrogens is 393 g/mol. The molecule has 0 aliphatic rings. The molecule has 0 heterocycles. The van der Waals surface area contributed by atoms with Crippen molar-refractivity contribution >= 4 is 46.6 Å². The summed E-state index contributed by atoms with van der Waals surface area (Å²) < 4.78 is 5.46. The Bertz CT molecular complexity index is 856. The quantitative estimate of drug-likeness (QED) is 0.660. The molecule has 9 heteroatoms. The lowest BCUT2D eigenvalue weighted by atomic mass is 10.2. The first kappa shape index (κ1) is 20.5. The lowest BCUT2D eigenvalue weighted by Crippen LogP contribution is -2.47. The molecule has 7 nitrogen and oxygen atoms in total. The van der Waals surface area contributed by atoms with E-state index in [9.17, 15) is 14.4 Å². The van der Waals surface area contributed by atoms with Crippen LogP contribution in [0.15, 0.2) is 42.5 Å². The van der Waals surface area contributed by atoms with E-state index in [1.807, 2.05) is 0 Å². The van der Waals surface area contributed by atoms with Crippen LogP contribution in [0.5, 0.6) is 5.75 Å². The van der Waals surface area contributed by atoms with E-state index in [2.05, 4.69) is 16.2 Å². The van der Waals surface area contributed by atoms with Gasteiger partial charge in [0.25, 0.3) is 11.8 Å². The summed E-state index contributed by atoms with van der Waals surface area (Å²) in [5, 5.41) is 3.31. The van der Waals surface area contributed by atoms with E-state index in [4.69, 9.17) is 27.9 Å². The number of carbonyl (C=O) groups is 3. The third-order valence-electron chi connectivity index (χ3n) is 3.33. The Morgan fingerprint density at radius 2 is 1.67 bits per heavy atom. The molecule has 2 aromatic carbocycles. The fraction of sp³-hybridized carbons (Fsp3) is 0.167. The number of amides is 3. The van der Waals surface area contributed by atoms with E-state index in [0.717, 1.165) is 0 Å². The molecule has 0 radical (unpaired) electrons. The van der Waals surface area contributed by atoms with Gasteiger partial charge in [-0.15, -0.1) is 0 Å². The monoisotopic (exact) mass is 409 g/mol. The van der Waals surface area contributed by atoms with Crippen LogP contribution in [-0.2, 0) is 9.59 Å². The van der Waals surface area contributed by atoms with Crippen molar-refractivity contribution in [1.29, 1.82) is 0 Å². The Labute approximate surface area is 166 Å². The van der Waals surface area contributed by atoms with E-state index in [-0.39, 0.29) is 10.9 Å². The number of nitrogens with one attached hydrogen (secondary N) is 3. The van der Waals surface area contributed by atoms with Crippen molar-refractivity contribution in [2.45, 2.75) is 20.0 Å². The maximum absolute atomic E-state index is 12.1. The molecule has 0 saturated carbocycles. The van der Waals surface area contributed by atoms with Gasteiger partial charge in [0.1, 0.15) is 5.75 Å². The number of hydrazine groups is 1. The summed E-state index contributed by atoms with van der Waals surface area (Å²) in [6, 6.07) is 10.8. The molecule has 0 spiro atoms. The van der Waals surface area contributed by atoms with Crippen LogP contribution in [0.3, 0.4) is 0 Å². The third-order valence-corrected chi connectivity index (χ3v) is 3.86. The number of carbonyl (C=O) groups excluding carboxylic acids is 3. The summed E-state index contributed by atoms with van der Waals surface area (Å²) in [4.78, 5) is 35.1. The summed E-state index contributed by atoms with van der Waals surface area (Å²) in [5.41, 5.74) is 5.43. The fourth-order valence-electron chi connectivity index (χ4n) is 2.02. The first-order valence-corrected chi connectivity index (χ1v) is 8.61. The van der Waals surface area contributed by atoms with E-state index in [1.165, 1.54) is 32.0 Å². The molecule has 3 N–H and O–H groups in total. The number of anilines is 1. The molecule has 0 bridgehead atoms. The van der Waals surface area contributed by atoms with Crippen molar-refractivity contribution in [3.63, 3.8) is 0 Å². The van der Waals surface area contributed by atoms with Gasteiger partial charge in [-0.05, 0) is 49.4 Å². The SMILES string of the molecule is CC(=O)Nc1ccc(C(=O)NNC(=O)C(C)Oc2ccc(Cl)cc2Cl)cc1. The average molecular weight is 410 g/mol. The summed E-state index contributed by atoms with van der Waals surface area (Å²) in [7, 11) is 0. The van der Waals surface area contributed by atoms with Crippen LogP contribution in [0.25, 0.3) is 0 Å². The lowest BCUT2D eigenvalue weighted by molar-refractivity contribution is -0.128. The van der Waals surface area contributed by atoms with Gasteiger partial charge in [0, 0.05) is 23.2 Å². The molecule has 2 aromatic rings. The zero-order valence-electron chi connectivity index (χ0n) is 14.5. The first-order valence-electron chi connectivity index (χ1n) is 7.86. The van der Waals surface area contributed by atoms with Crippen LogP contribution in [0, 0.1) is 0 Å². The van der Waals surface area contributed by atoms with Gasteiger partial charge in [-0.2, -0.15) is 0 Å². The van der Waals surface area contributed by atoms with Gasteiger partial charge in [-0.25, -0.2) is 0 Å². The van der Waals surface area contributed by atoms with Crippen molar-refractivity contribution in [3.8, 4) is 5.75 Å². The second-order valence-electron chi connectivity index (χ2n) is 5.54. The number of hydrogen-bond acceptors (Lipinski definition) is 4. The molecule has 0 saturated heterocycles. The topological polar surface area (TPSA) is 96.5 Å². The van der Waals surface area contributed by atoms with E-state index in [1.54, 1.807) is 24.3 Å². The van der Waals surface area contributed by atoms with E-state index in [0.29, 0.717) is 22.0 Å². The second kappa shape index (κ2) is 9.25. The molecule has 3 amide bonds. The number of halogens is 2. The Balaban J connectivity index is 1.88. The molecule has 2 rings (SSSR count). The Morgan fingerprint density at radius 3 is 2.26 bits per heavy atom. The van der Waals surface area contributed by atoms with Gasteiger partial charge in [-0.3, -0.25) is 25.2 Å². The number of ether oxygens (including phenoxy) is 1. The highest BCUT2D eigenvalue weighted by Gasteiger charge is 2.17. The maximum Gasteiger partial charge on any atom is 0.279 e. The Kier molecular flexibility index (Phi) is 7.04. The minimum absolute atomic E-state index is 0.214. The van der Waals surface area contributed by atoms with Gasteiger partial charge in [0.15, 0.2) is 6.10 Å². The zero-order valence-corrected chi connectivity index (χ0v) is 16.0. The van der Waals surface area contributed by atoms with E-state index < -0.39 is 17.9 Å². The highest BCUT2D eigenvalue weighted by atomic mass is 35.5. The molecule has 1 unspecified atom stereocenters. The minimum Gasteiger partial charge on any atom is -0.479 e. The second-order valence-corrected chi connectivity index (χ2v) is 6.38. The molecular formula is C18H17Cl2N3O4. The summed E-state index contributed by atoms with van der Waals surface area (Å²) in [6.07, 6.45) is -0.911. The Morgan fingerprint density at radius 1 is 1.00 bits per heavy atom. The highest BCUT2D eigenvalue weighted by molar-refractivity contribution is 6.35. The molecule has 0 aliphatic carbocycles. The average Bonchev–Trinajstić information content (AvgIpc) is 2.61. The first-order chi connectivity index (χ1) is 12.8. The zero-order chi connectivity index (χ0) is 20.0. The van der Waals surface area contributed by atoms with Crippen molar-refractivity contribution < 1.29 is 19.1 Å². The van der Waals surface area contributed by atoms with E-state index >= 15 is 0 Å². The van der Waals surface area contributed by atoms with Gasteiger partial charge < -0.3 is 10.1 Å². The predicted molar refractivity (Wildman–Crippen MR) is 103 cm³/mol. The highest BCUT2D eigenvalue weighted by Crippen LogP contribution is 2.28. The maximum atomic E-state index is 12.1. The summed E-state index contributed by atoms with van der Waals surface area (Å²) in [5.74, 6) is -1.00. The summed E-state index contributed by atoms with van der Waals surface area (Å²) >= 11 is 11.8. The largest absolute Gasteiger partial charge is 0.479 e. The number of hydrogen-bond donors (Lipinski definition) is 3. The molecule has 1 atom stereocenters. The fourth-order valence-corrected chi connectivity index (χ4v) is 2.47. The Hall–Kier alpha value is -2.77. The van der Waals surface area contributed by atoms with Gasteiger partial charge in [0.05, 0.1) is 5.02 Å². The molecule has 27 heavy (non-hydrogen) atoms. The van der Waals surface area contributed by atoms with Crippen molar-refractivity contribution in [2.75, 3.05) is 5.32 Å². The minimum atomic E-state index is -0.911. The molecule has 142 valence electrons. The summed E-state index contributed by atoms with van der Waals surface area (Å²) in [6.45, 7) is 2.89. The third kappa shape index (κ3) is 6.16. The smallest absolute Gasteiger partial charge is 0.279 e. The van der Waals surface area contributed by atoms with Crippen LogP contribution in [0.2, 0.25) is 10.0 Å².